The molecule has 0 spiro atoms. The van der Waals surface area contributed by atoms with Gasteiger partial charge in [0.15, 0.2) is 0 Å². The third kappa shape index (κ3) is 1.83. The zero-order chi connectivity index (χ0) is 13.8. The third-order valence-electron chi connectivity index (χ3n) is 3.93. The average Bonchev–Trinajstić information content (AvgIpc) is 2.67. The van der Waals surface area contributed by atoms with Crippen LogP contribution in [-0.4, -0.2) is 22.1 Å². The predicted octanol–water partition coefficient (Wildman–Crippen LogP) is 2.31. The summed E-state index contributed by atoms with van der Waals surface area (Å²) in [6, 6.07) is 5.74. The molecule has 0 fully saturated rings. The molecule has 1 aliphatic heterocycles. The maximum atomic E-state index is 11.3. The zero-order valence-corrected chi connectivity index (χ0v) is 11.4. The Morgan fingerprint density at radius 2 is 2.16 bits per heavy atom. The molecule has 100 valence electrons. The molecule has 19 heavy (non-hydrogen) atoms. The summed E-state index contributed by atoms with van der Waals surface area (Å²) in [5.41, 5.74) is 4.15. The number of hydrogen-bond donors (Lipinski definition) is 3. The highest BCUT2D eigenvalue weighted by Gasteiger charge is 2.37. The van der Waals surface area contributed by atoms with E-state index in [1.165, 1.54) is 5.56 Å². The molecule has 1 aromatic carbocycles. The molecule has 4 nitrogen and oxygen atoms in total. The van der Waals surface area contributed by atoms with E-state index in [1.54, 1.807) is 0 Å². The summed E-state index contributed by atoms with van der Waals surface area (Å²) >= 11 is 0. The zero-order valence-electron chi connectivity index (χ0n) is 11.4. The number of carboxylic acid groups (broad SMARTS) is 1. The number of H-pyrrole nitrogens is 1. The van der Waals surface area contributed by atoms with Crippen molar-refractivity contribution in [1.82, 2.24) is 10.3 Å². The number of fused-ring (bicyclic) bond motifs is 3. The lowest BCUT2D eigenvalue weighted by Gasteiger charge is -2.35. The van der Waals surface area contributed by atoms with Gasteiger partial charge in [0.05, 0.1) is 5.54 Å². The van der Waals surface area contributed by atoms with Gasteiger partial charge < -0.3 is 10.1 Å². The van der Waals surface area contributed by atoms with Crippen LogP contribution in [-0.2, 0) is 16.8 Å². The monoisotopic (exact) mass is 258 g/mol. The van der Waals surface area contributed by atoms with Crippen LogP contribution in [0.2, 0.25) is 0 Å². The molecule has 0 radical (unpaired) electrons. The van der Waals surface area contributed by atoms with Crippen LogP contribution < -0.4 is 5.32 Å². The second-order valence-electron chi connectivity index (χ2n) is 5.89. The molecule has 3 rings (SSSR count). The van der Waals surface area contributed by atoms with Crippen LogP contribution in [0.5, 0.6) is 0 Å². The van der Waals surface area contributed by atoms with Crippen molar-refractivity contribution in [1.29, 1.82) is 0 Å². The second-order valence-corrected chi connectivity index (χ2v) is 5.89. The van der Waals surface area contributed by atoms with Gasteiger partial charge in [0.25, 0.3) is 0 Å². The van der Waals surface area contributed by atoms with Crippen molar-refractivity contribution in [2.45, 2.75) is 38.8 Å². The van der Waals surface area contributed by atoms with Crippen LogP contribution in [0.1, 0.15) is 30.7 Å². The molecular weight excluding hydrogens is 240 g/mol. The van der Waals surface area contributed by atoms with Crippen molar-refractivity contribution in [2.24, 2.45) is 0 Å². The van der Waals surface area contributed by atoms with Crippen molar-refractivity contribution in [3.63, 3.8) is 0 Å². The van der Waals surface area contributed by atoms with E-state index in [4.69, 9.17) is 0 Å². The topological polar surface area (TPSA) is 65.1 Å². The highest BCUT2D eigenvalue weighted by molar-refractivity contribution is 5.87. The maximum absolute atomic E-state index is 11.3. The maximum Gasteiger partial charge on any atom is 0.321 e. The normalized spacial score (nSPS) is 21.3. The van der Waals surface area contributed by atoms with Crippen molar-refractivity contribution in [3.05, 3.63) is 35.0 Å². The number of carboxylic acids is 1. The minimum atomic E-state index is -0.791. The molecule has 3 N–H and O–H groups in total. The van der Waals surface area contributed by atoms with Crippen LogP contribution in [0.25, 0.3) is 10.9 Å². The van der Waals surface area contributed by atoms with Gasteiger partial charge in [-0.2, -0.15) is 0 Å². The number of aryl methyl sites for hydroxylation is 1. The Kier molecular flexibility index (Phi) is 2.47. The number of aromatic nitrogens is 1. The Morgan fingerprint density at radius 3 is 2.84 bits per heavy atom. The van der Waals surface area contributed by atoms with Gasteiger partial charge in [0.1, 0.15) is 6.04 Å². The van der Waals surface area contributed by atoms with Gasteiger partial charge in [0.2, 0.25) is 0 Å². The van der Waals surface area contributed by atoms with Gasteiger partial charge in [-0.3, -0.25) is 10.1 Å². The van der Waals surface area contributed by atoms with E-state index in [2.05, 4.69) is 35.4 Å². The summed E-state index contributed by atoms with van der Waals surface area (Å²) in [5.74, 6) is -0.791. The number of nitrogens with one attached hydrogen (secondary N) is 2. The third-order valence-corrected chi connectivity index (χ3v) is 3.93. The fourth-order valence-electron chi connectivity index (χ4n) is 3.02. The first kappa shape index (κ1) is 12.2. The molecule has 1 unspecified atom stereocenters. The molecule has 0 saturated heterocycles. The van der Waals surface area contributed by atoms with Crippen molar-refractivity contribution in [2.75, 3.05) is 0 Å². The summed E-state index contributed by atoms with van der Waals surface area (Å²) in [6.07, 6.45) is 0.525. The standard InChI is InChI=1S/C15H18N2O2/c1-8-4-5-11-9(6-8)10-7-12(14(18)19)17-15(2,3)13(10)16-11/h4-6,12,16-17H,7H2,1-3H3,(H,18,19). The summed E-state index contributed by atoms with van der Waals surface area (Å²) < 4.78 is 0. The predicted molar refractivity (Wildman–Crippen MR) is 74.3 cm³/mol. The first-order valence-corrected chi connectivity index (χ1v) is 6.50. The van der Waals surface area contributed by atoms with E-state index >= 15 is 0 Å². The van der Waals surface area contributed by atoms with Crippen LogP contribution in [0.4, 0.5) is 0 Å². The number of aliphatic carboxylic acids is 1. The molecule has 1 aliphatic rings. The van der Waals surface area contributed by atoms with E-state index < -0.39 is 12.0 Å². The smallest absolute Gasteiger partial charge is 0.321 e. The molecular formula is C15H18N2O2. The first-order valence-electron chi connectivity index (χ1n) is 6.50. The molecule has 0 amide bonds. The highest BCUT2D eigenvalue weighted by atomic mass is 16.4. The number of carbonyl (C=O) groups is 1. The minimum absolute atomic E-state index is 0.358. The quantitative estimate of drug-likeness (QED) is 0.735. The SMILES string of the molecule is Cc1ccc2[nH]c3c(c2c1)CC(C(=O)O)NC3(C)C. The van der Waals surface area contributed by atoms with Crippen molar-refractivity contribution >= 4 is 16.9 Å². The first-order chi connectivity index (χ1) is 8.88. The number of hydrogen-bond acceptors (Lipinski definition) is 2. The number of benzene rings is 1. The summed E-state index contributed by atoms with van der Waals surface area (Å²) in [7, 11) is 0. The molecule has 0 aliphatic carbocycles. The van der Waals surface area contributed by atoms with Crippen LogP contribution in [0.3, 0.4) is 0 Å². The van der Waals surface area contributed by atoms with Gasteiger partial charge in [-0.1, -0.05) is 11.6 Å². The lowest BCUT2D eigenvalue weighted by Crippen LogP contribution is -2.52. The molecule has 2 aromatic rings. The van der Waals surface area contributed by atoms with Gasteiger partial charge in [0, 0.05) is 23.0 Å². The Bertz CT molecular complexity index is 670. The van der Waals surface area contributed by atoms with Gasteiger partial charge in [-0.15, -0.1) is 0 Å². The fourth-order valence-corrected chi connectivity index (χ4v) is 3.02. The Hall–Kier alpha value is -1.81. The number of aromatic amines is 1. The van der Waals surface area contributed by atoms with Crippen molar-refractivity contribution < 1.29 is 9.90 Å². The van der Waals surface area contributed by atoms with Crippen LogP contribution in [0.15, 0.2) is 18.2 Å². The largest absolute Gasteiger partial charge is 0.480 e. The summed E-state index contributed by atoms with van der Waals surface area (Å²) in [5, 5.41) is 13.6. The average molecular weight is 258 g/mol. The van der Waals surface area contributed by atoms with E-state index in [0.29, 0.717) is 6.42 Å². The van der Waals surface area contributed by atoms with E-state index in [-0.39, 0.29) is 5.54 Å². The van der Waals surface area contributed by atoms with Gasteiger partial charge >= 0.3 is 5.97 Å². The molecule has 2 heterocycles. The van der Waals surface area contributed by atoms with Gasteiger partial charge in [-0.25, -0.2) is 0 Å². The minimum Gasteiger partial charge on any atom is -0.480 e. The lowest BCUT2D eigenvalue weighted by atomic mass is 9.86. The summed E-state index contributed by atoms with van der Waals surface area (Å²) in [6.45, 7) is 6.09. The van der Waals surface area contributed by atoms with E-state index in [1.807, 2.05) is 13.8 Å². The van der Waals surface area contributed by atoms with E-state index in [0.717, 1.165) is 22.2 Å². The lowest BCUT2D eigenvalue weighted by molar-refractivity contribution is -0.140. The molecule has 1 atom stereocenters. The fraction of sp³-hybridized carbons (Fsp3) is 0.400. The Morgan fingerprint density at radius 1 is 1.42 bits per heavy atom. The molecule has 1 aromatic heterocycles. The number of rotatable bonds is 1. The van der Waals surface area contributed by atoms with Crippen LogP contribution >= 0.6 is 0 Å². The molecule has 4 heteroatoms. The van der Waals surface area contributed by atoms with Crippen molar-refractivity contribution in [3.8, 4) is 0 Å². The molecule has 0 saturated carbocycles. The Balaban J connectivity index is 2.24. The highest BCUT2D eigenvalue weighted by Crippen LogP contribution is 2.35. The van der Waals surface area contributed by atoms with Gasteiger partial charge in [-0.05, 0) is 38.5 Å². The Labute approximate surface area is 111 Å². The second kappa shape index (κ2) is 3.84. The van der Waals surface area contributed by atoms with Crippen LogP contribution in [0, 0.1) is 6.92 Å². The van der Waals surface area contributed by atoms with E-state index in [9.17, 15) is 9.90 Å². The molecule has 0 bridgehead atoms. The summed E-state index contributed by atoms with van der Waals surface area (Å²) in [4.78, 5) is 14.7.